The summed E-state index contributed by atoms with van der Waals surface area (Å²) >= 11 is 0. The van der Waals surface area contributed by atoms with E-state index in [-0.39, 0.29) is 0 Å². The number of nitrogens with one attached hydrogen (secondary N) is 1. The largest absolute Gasteiger partial charge is 0.369 e. The number of aromatic nitrogens is 5. The van der Waals surface area contributed by atoms with Gasteiger partial charge >= 0.3 is 0 Å². The standard InChI is InChI=1S/C27H30N8/c1-2-35-19-24(26(32-35)20-4-3-12-28-18-20)25-11-13-29-27(31-25)30-21-5-7-22(8-6-21)33-14-16-34(17-15-33)23-9-10-23/h3-8,11-13,18-19,23H,2,9-10,14-17H2,1H3,(H,29,30,31). The summed E-state index contributed by atoms with van der Waals surface area (Å²) in [4.78, 5) is 18.6. The predicted octanol–water partition coefficient (Wildman–Crippen LogP) is 4.45. The Morgan fingerprint density at radius 2 is 1.80 bits per heavy atom. The number of anilines is 3. The van der Waals surface area contributed by atoms with Gasteiger partial charge in [0.25, 0.3) is 0 Å². The minimum atomic E-state index is 0.565. The molecule has 1 aromatic carbocycles. The van der Waals surface area contributed by atoms with Crippen LogP contribution in [0.4, 0.5) is 17.3 Å². The van der Waals surface area contributed by atoms with Gasteiger partial charge in [0.1, 0.15) is 5.69 Å². The molecule has 6 rings (SSSR count). The first-order valence-electron chi connectivity index (χ1n) is 12.4. The highest BCUT2D eigenvalue weighted by Gasteiger charge is 2.31. The molecule has 0 unspecified atom stereocenters. The van der Waals surface area contributed by atoms with Crippen LogP contribution in [0.15, 0.2) is 67.3 Å². The van der Waals surface area contributed by atoms with Crippen LogP contribution in [0.3, 0.4) is 0 Å². The molecule has 0 spiro atoms. The fraction of sp³-hybridized carbons (Fsp3) is 0.333. The zero-order valence-corrected chi connectivity index (χ0v) is 20.0. The first-order chi connectivity index (χ1) is 17.3. The second-order valence-corrected chi connectivity index (χ2v) is 9.18. The van der Waals surface area contributed by atoms with Gasteiger partial charge in [-0.05, 0) is 62.2 Å². The molecule has 0 atom stereocenters. The van der Waals surface area contributed by atoms with Gasteiger partial charge in [-0.15, -0.1) is 0 Å². The van der Waals surface area contributed by atoms with Crippen molar-refractivity contribution in [3.05, 3.63) is 67.3 Å². The zero-order chi connectivity index (χ0) is 23.6. The number of pyridine rings is 1. The van der Waals surface area contributed by atoms with E-state index in [1.54, 1.807) is 12.4 Å². The van der Waals surface area contributed by atoms with Gasteiger partial charge in [0.15, 0.2) is 0 Å². The van der Waals surface area contributed by atoms with E-state index in [0.29, 0.717) is 5.95 Å². The normalized spacial score (nSPS) is 16.4. The zero-order valence-electron chi connectivity index (χ0n) is 20.0. The Labute approximate surface area is 205 Å². The molecule has 0 amide bonds. The number of piperazine rings is 1. The summed E-state index contributed by atoms with van der Waals surface area (Å²) in [6, 6.07) is 15.3. The summed E-state index contributed by atoms with van der Waals surface area (Å²) in [6.07, 6.45) is 10.2. The maximum Gasteiger partial charge on any atom is 0.227 e. The van der Waals surface area contributed by atoms with Crippen LogP contribution >= 0.6 is 0 Å². The molecule has 3 aromatic heterocycles. The summed E-state index contributed by atoms with van der Waals surface area (Å²) in [6.45, 7) is 7.39. The van der Waals surface area contributed by atoms with Gasteiger partial charge < -0.3 is 10.2 Å². The van der Waals surface area contributed by atoms with E-state index in [9.17, 15) is 0 Å². The van der Waals surface area contributed by atoms with Crippen molar-refractivity contribution in [1.82, 2.24) is 29.6 Å². The van der Waals surface area contributed by atoms with Crippen LogP contribution in [0.1, 0.15) is 19.8 Å². The summed E-state index contributed by atoms with van der Waals surface area (Å²) in [5.41, 5.74) is 5.87. The Balaban J connectivity index is 1.18. The Kier molecular flexibility index (Phi) is 5.88. The summed E-state index contributed by atoms with van der Waals surface area (Å²) < 4.78 is 1.93. The molecule has 8 heteroatoms. The van der Waals surface area contributed by atoms with Gasteiger partial charge in [0, 0.05) is 86.1 Å². The second-order valence-electron chi connectivity index (χ2n) is 9.18. The molecule has 1 aliphatic heterocycles. The SMILES string of the molecule is CCn1cc(-c2ccnc(Nc3ccc(N4CCN(C5CC5)CC4)cc3)n2)c(-c2cccnc2)n1. The van der Waals surface area contributed by atoms with E-state index in [1.807, 2.05) is 35.3 Å². The monoisotopic (exact) mass is 466 g/mol. The van der Waals surface area contributed by atoms with Gasteiger partial charge in [0.2, 0.25) is 5.95 Å². The molecule has 2 fully saturated rings. The van der Waals surface area contributed by atoms with Gasteiger partial charge in [-0.25, -0.2) is 9.97 Å². The molecule has 1 N–H and O–H groups in total. The minimum Gasteiger partial charge on any atom is -0.369 e. The van der Waals surface area contributed by atoms with Crippen LogP contribution in [0.5, 0.6) is 0 Å². The lowest BCUT2D eigenvalue weighted by atomic mass is 10.1. The van der Waals surface area contributed by atoms with E-state index in [2.05, 4.69) is 56.3 Å². The highest BCUT2D eigenvalue weighted by molar-refractivity contribution is 5.78. The van der Waals surface area contributed by atoms with Crippen molar-refractivity contribution in [3.63, 3.8) is 0 Å². The van der Waals surface area contributed by atoms with Crippen molar-refractivity contribution in [1.29, 1.82) is 0 Å². The Morgan fingerprint density at radius 3 is 2.51 bits per heavy atom. The number of nitrogens with zero attached hydrogens (tertiary/aromatic N) is 7. The van der Waals surface area contributed by atoms with Crippen molar-refractivity contribution in [2.45, 2.75) is 32.4 Å². The van der Waals surface area contributed by atoms with Crippen molar-refractivity contribution >= 4 is 17.3 Å². The molecule has 4 heterocycles. The summed E-state index contributed by atoms with van der Waals surface area (Å²) in [7, 11) is 0. The molecule has 8 nitrogen and oxygen atoms in total. The average molecular weight is 467 g/mol. The lowest BCUT2D eigenvalue weighted by molar-refractivity contribution is 0.248. The molecule has 0 bridgehead atoms. The van der Waals surface area contributed by atoms with Crippen molar-refractivity contribution in [2.24, 2.45) is 0 Å². The number of benzene rings is 1. The molecule has 4 aromatic rings. The maximum atomic E-state index is 4.80. The Morgan fingerprint density at radius 1 is 0.971 bits per heavy atom. The minimum absolute atomic E-state index is 0.565. The lowest BCUT2D eigenvalue weighted by Crippen LogP contribution is -2.47. The first kappa shape index (κ1) is 21.7. The molecule has 1 saturated carbocycles. The molecule has 35 heavy (non-hydrogen) atoms. The molecule has 1 saturated heterocycles. The van der Waals surface area contributed by atoms with Crippen LogP contribution in [0, 0.1) is 0 Å². The van der Waals surface area contributed by atoms with Crippen LogP contribution < -0.4 is 10.2 Å². The smallest absolute Gasteiger partial charge is 0.227 e. The quantitative estimate of drug-likeness (QED) is 0.431. The average Bonchev–Trinajstić information content (AvgIpc) is 3.68. The molecule has 2 aliphatic rings. The Hall–Kier alpha value is -3.78. The third-order valence-electron chi connectivity index (χ3n) is 6.82. The van der Waals surface area contributed by atoms with Crippen LogP contribution in [-0.4, -0.2) is 61.9 Å². The molecule has 178 valence electrons. The maximum absolute atomic E-state index is 4.80. The predicted molar refractivity (Wildman–Crippen MR) is 139 cm³/mol. The molecule has 1 aliphatic carbocycles. The third kappa shape index (κ3) is 4.74. The summed E-state index contributed by atoms with van der Waals surface area (Å²) in [5, 5.41) is 8.11. The highest BCUT2D eigenvalue weighted by Crippen LogP contribution is 2.31. The van der Waals surface area contributed by atoms with Crippen molar-refractivity contribution in [3.8, 4) is 22.5 Å². The van der Waals surface area contributed by atoms with E-state index in [1.165, 1.54) is 31.6 Å². The summed E-state index contributed by atoms with van der Waals surface area (Å²) in [5.74, 6) is 0.565. The Bertz CT molecular complexity index is 1270. The highest BCUT2D eigenvalue weighted by atomic mass is 15.3. The molecular formula is C27H30N8. The lowest BCUT2D eigenvalue weighted by Gasteiger charge is -2.36. The van der Waals surface area contributed by atoms with E-state index >= 15 is 0 Å². The number of rotatable bonds is 7. The van der Waals surface area contributed by atoms with Crippen LogP contribution in [-0.2, 0) is 6.54 Å². The second kappa shape index (κ2) is 9.46. The van der Waals surface area contributed by atoms with Crippen LogP contribution in [0.25, 0.3) is 22.5 Å². The van der Waals surface area contributed by atoms with Gasteiger partial charge in [0.05, 0.1) is 5.69 Å². The number of hydrogen-bond acceptors (Lipinski definition) is 7. The number of hydrogen-bond donors (Lipinski definition) is 1. The van der Waals surface area contributed by atoms with Crippen molar-refractivity contribution in [2.75, 3.05) is 36.4 Å². The van der Waals surface area contributed by atoms with Crippen molar-refractivity contribution < 1.29 is 0 Å². The topological polar surface area (TPSA) is 75.0 Å². The molecular weight excluding hydrogens is 436 g/mol. The van der Waals surface area contributed by atoms with E-state index in [0.717, 1.165) is 53.9 Å². The van der Waals surface area contributed by atoms with Gasteiger partial charge in [-0.1, -0.05) is 0 Å². The van der Waals surface area contributed by atoms with Gasteiger partial charge in [-0.3, -0.25) is 14.6 Å². The molecule has 0 radical (unpaired) electrons. The van der Waals surface area contributed by atoms with Gasteiger partial charge in [-0.2, -0.15) is 5.10 Å². The van der Waals surface area contributed by atoms with E-state index < -0.39 is 0 Å². The fourth-order valence-corrected chi connectivity index (χ4v) is 4.73. The fourth-order valence-electron chi connectivity index (χ4n) is 4.73. The number of aryl methyl sites for hydroxylation is 1. The first-order valence-corrected chi connectivity index (χ1v) is 12.4. The van der Waals surface area contributed by atoms with E-state index in [4.69, 9.17) is 10.1 Å². The third-order valence-corrected chi connectivity index (χ3v) is 6.82. The van der Waals surface area contributed by atoms with Crippen LogP contribution in [0.2, 0.25) is 0 Å².